The average molecular weight is 361 g/mol. The number of imide groups is 2. The van der Waals surface area contributed by atoms with E-state index in [0.29, 0.717) is 21.3 Å². The van der Waals surface area contributed by atoms with Crippen LogP contribution in [0, 0.1) is 0 Å². The van der Waals surface area contributed by atoms with Crippen LogP contribution in [0.5, 0.6) is 0 Å². The van der Waals surface area contributed by atoms with E-state index in [4.69, 9.17) is 11.6 Å². The lowest BCUT2D eigenvalue weighted by atomic mass is 10.1. The number of carbonyl (C=O) groups excluding carboxylic acids is 3. The number of para-hydroxylation sites is 1. The van der Waals surface area contributed by atoms with Gasteiger partial charge in [0.1, 0.15) is 5.57 Å². The van der Waals surface area contributed by atoms with Crippen LogP contribution in [0.25, 0.3) is 6.08 Å². The molecule has 1 fully saturated rings. The molecule has 2 heterocycles. The third kappa shape index (κ3) is 2.98. The van der Waals surface area contributed by atoms with Crippen LogP contribution in [0.15, 0.2) is 42.0 Å². The Bertz CT molecular complexity index is 872. The van der Waals surface area contributed by atoms with Gasteiger partial charge in [0.15, 0.2) is 0 Å². The fraction of sp³-hybridized carbons (Fsp3) is 0.118. The molecule has 4 amide bonds. The number of carbonyl (C=O) groups is 3. The van der Waals surface area contributed by atoms with Gasteiger partial charge in [-0.15, -0.1) is 11.3 Å². The van der Waals surface area contributed by atoms with Crippen molar-refractivity contribution in [3.63, 3.8) is 0 Å². The first-order valence-electron chi connectivity index (χ1n) is 7.26. The highest BCUT2D eigenvalue weighted by molar-refractivity contribution is 7.17. The van der Waals surface area contributed by atoms with Gasteiger partial charge < -0.3 is 0 Å². The standard InChI is InChI=1S/C17H13ClN2O3S/c1-2-10-5-3-4-6-13(10)20-16(22)12(15(21)19-17(20)23)9-11-7-8-14(18)24-11/h3-9H,2H2,1H3,(H,19,21,23)/b12-9+. The molecule has 3 rings (SSSR count). The van der Waals surface area contributed by atoms with Crippen LogP contribution in [0.1, 0.15) is 17.4 Å². The highest BCUT2D eigenvalue weighted by atomic mass is 35.5. The molecule has 1 aliphatic rings. The number of halogens is 1. The van der Waals surface area contributed by atoms with Gasteiger partial charge in [0.2, 0.25) is 0 Å². The van der Waals surface area contributed by atoms with Crippen molar-refractivity contribution in [2.45, 2.75) is 13.3 Å². The molecule has 0 aliphatic carbocycles. The summed E-state index contributed by atoms with van der Waals surface area (Å²) in [6, 6.07) is 9.76. The number of anilines is 1. The molecule has 1 saturated heterocycles. The maximum Gasteiger partial charge on any atom is 0.335 e. The molecule has 0 spiro atoms. The molecule has 24 heavy (non-hydrogen) atoms. The molecular weight excluding hydrogens is 348 g/mol. The van der Waals surface area contributed by atoms with Gasteiger partial charge in [-0.2, -0.15) is 0 Å². The average Bonchev–Trinajstić information content (AvgIpc) is 2.97. The van der Waals surface area contributed by atoms with E-state index >= 15 is 0 Å². The SMILES string of the molecule is CCc1ccccc1N1C(=O)NC(=O)/C(=C\c2ccc(Cl)s2)C1=O. The summed E-state index contributed by atoms with van der Waals surface area (Å²) in [7, 11) is 0. The van der Waals surface area contributed by atoms with Crippen LogP contribution in [0.3, 0.4) is 0 Å². The maximum atomic E-state index is 12.8. The predicted molar refractivity (Wildman–Crippen MR) is 94.2 cm³/mol. The molecule has 7 heteroatoms. The quantitative estimate of drug-likeness (QED) is 0.671. The van der Waals surface area contributed by atoms with Gasteiger partial charge >= 0.3 is 6.03 Å². The van der Waals surface area contributed by atoms with Crippen LogP contribution < -0.4 is 10.2 Å². The second kappa shape index (κ2) is 6.59. The van der Waals surface area contributed by atoms with E-state index in [1.807, 2.05) is 19.1 Å². The Balaban J connectivity index is 2.05. The zero-order valence-corrected chi connectivity index (χ0v) is 14.3. The first kappa shape index (κ1) is 16.4. The molecule has 1 aromatic heterocycles. The van der Waals surface area contributed by atoms with Crippen molar-refractivity contribution < 1.29 is 14.4 Å². The lowest BCUT2D eigenvalue weighted by Crippen LogP contribution is -2.54. The lowest BCUT2D eigenvalue weighted by Gasteiger charge is -2.27. The Morgan fingerprint density at radius 3 is 2.58 bits per heavy atom. The van der Waals surface area contributed by atoms with E-state index in [1.54, 1.807) is 24.3 Å². The topological polar surface area (TPSA) is 66.5 Å². The summed E-state index contributed by atoms with van der Waals surface area (Å²) < 4.78 is 0.551. The normalized spacial score (nSPS) is 16.7. The number of aryl methyl sites for hydroxylation is 1. The fourth-order valence-electron chi connectivity index (χ4n) is 2.45. The number of rotatable bonds is 3. The van der Waals surface area contributed by atoms with Gasteiger partial charge in [0.25, 0.3) is 11.8 Å². The largest absolute Gasteiger partial charge is 0.335 e. The lowest BCUT2D eigenvalue weighted by molar-refractivity contribution is -0.122. The summed E-state index contributed by atoms with van der Waals surface area (Å²) >= 11 is 7.12. The van der Waals surface area contributed by atoms with Crippen molar-refractivity contribution in [1.29, 1.82) is 0 Å². The second-order valence-electron chi connectivity index (χ2n) is 5.08. The first-order chi connectivity index (χ1) is 11.5. The minimum absolute atomic E-state index is 0.0981. The number of hydrogen-bond donors (Lipinski definition) is 1. The van der Waals surface area contributed by atoms with Gasteiger partial charge in [-0.1, -0.05) is 36.7 Å². The second-order valence-corrected chi connectivity index (χ2v) is 6.83. The van der Waals surface area contributed by atoms with Crippen LogP contribution in [0.2, 0.25) is 4.34 Å². The van der Waals surface area contributed by atoms with E-state index in [2.05, 4.69) is 5.32 Å². The van der Waals surface area contributed by atoms with E-state index in [9.17, 15) is 14.4 Å². The molecule has 0 unspecified atom stereocenters. The summed E-state index contributed by atoms with van der Waals surface area (Å²) in [6.07, 6.45) is 2.10. The molecule has 0 atom stereocenters. The zero-order valence-electron chi connectivity index (χ0n) is 12.7. The van der Waals surface area contributed by atoms with Gasteiger partial charge in [0.05, 0.1) is 10.0 Å². The number of nitrogens with one attached hydrogen (secondary N) is 1. The van der Waals surface area contributed by atoms with Crippen molar-refractivity contribution in [2.24, 2.45) is 0 Å². The van der Waals surface area contributed by atoms with Crippen LogP contribution >= 0.6 is 22.9 Å². The number of hydrogen-bond acceptors (Lipinski definition) is 4. The Morgan fingerprint density at radius 1 is 1.17 bits per heavy atom. The first-order valence-corrected chi connectivity index (χ1v) is 8.45. The number of benzene rings is 1. The van der Waals surface area contributed by atoms with Crippen LogP contribution in [-0.2, 0) is 16.0 Å². The van der Waals surface area contributed by atoms with Gasteiger partial charge in [-0.25, -0.2) is 9.69 Å². The summed E-state index contributed by atoms with van der Waals surface area (Å²) in [4.78, 5) is 38.7. The van der Waals surface area contributed by atoms with E-state index in [-0.39, 0.29) is 5.57 Å². The monoisotopic (exact) mass is 360 g/mol. The Kier molecular flexibility index (Phi) is 4.51. The van der Waals surface area contributed by atoms with Crippen molar-refractivity contribution in [2.75, 3.05) is 4.90 Å². The number of urea groups is 1. The fourth-order valence-corrected chi connectivity index (χ4v) is 3.46. The Labute approximate surface area is 147 Å². The smallest absolute Gasteiger partial charge is 0.273 e. The summed E-state index contributed by atoms with van der Waals surface area (Å²) in [5.41, 5.74) is 1.22. The molecule has 0 saturated carbocycles. The van der Waals surface area contributed by atoms with Crippen LogP contribution in [0.4, 0.5) is 10.5 Å². The van der Waals surface area contributed by atoms with E-state index < -0.39 is 17.8 Å². The highest BCUT2D eigenvalue weighted by Gasteiger charge is 2.37. The maximum absolute atomic E-state index is 12.8. The number of thiophene rings is 1. The number of amides is 4. The molecular formula is C17H13ClN2O3S. The zero-order chi connectivity index (χ0) is 17.3. The minimum atomic E-state index is -0.743. The summed E-state index contributed by atoms with van der Waals surface area (Å²) in [6.45, 7) is 1.93. The molecule has 1 aromatic carbocycles. The third-order valence-electron chi connectivity index (χ3n) is 3.60. The minimum Gasteiger partial charge on any atom is -0.273 e. The Hall–Kier alpha value is -2.44. The Morgan fingerprint density at radius 2 is 1.92 bits per heavy atom. The predicted octanol–water partition coefficient (Wildman–Crippen LogP) is 3.63. The van der Waals surface area contributed by atoms with Gasteiger partial charge in [-0.05, 0) is 36.3 Å². The molecule has 122 valence electrons. The van der Waals surface area contributed by atoms with Gasteiger partial charge in [0, 0.05) is 4.88 Å². The van der Waals surface area contributed by atoms with Crippen molar-refractivity contribution in [3.8, 4) is 0 Å². The molecule has 0 bridgehead atoms. The van der Waals surface area contributed by atoms with Crippen LogP contribution in [-0.4, -0.2) is 17.8 Å². The van der Waals surface area contributed by atoms with E-state index in [0.717, 1.165) is 10.5 Å². The number of nitrogens with zero attached hydrogens (tertiary/aromatic N) is 1. The summed E-state index contributed by atoms with van der Waals surface area (Å²) in [5.74, 6) is -1.35. The molecule has 2 aromatic rings. The van der Waals surface area contributed by atoms with Gasteiger partial charge in [-0.3, -0.25) is 14.9 Å². The van der Waals surface area contributed by atoms with E-state index in [1.165, 1.54) is 17.4 Å². The van der Waals surface area contributed by atoms with Crippen molar-refractivity contribution in [3.05, 3.63) is 56.7 Å². The molecule has 0 radical (unpaired) electrons. The molecule has 5 nitrogen and oxygen atoms in total. The number of barbiturate groups is 1. The molecule has 1 aliphatic heterocycles. The molecule has 1 N–H and O–H groups in total. The van der Waals surface area contributed by atoms with Crippen molar-refractivity contribution in [1.82, 2.24) is 5.32 Å². The third-order valence-corrected chi connectivity index (χ3v) is 4.77. The highest BCUT2D eigenvalue weighted by Crippen LogP contribution is 2.28. The van der Waals surface area contributed by atoms with Crippen molar-refractivity contribution >= 4 is 52.5 Å². The summed E-state index contributed by atoms with van der Waals surface area (Å²) in [5, 5.41) is 2.22.